The Morgan fingerprint density at radius 1 is 1.23 bits per heavy atom. The van der Waals surface area contributed by atoms with E-state index in [0.29, 0.717) is 32.5 Å². The Labute approximate surface area is 202 Å². The van der Waals surface area contributed by atoms with Crippen molar-refractivity contribution in [2.24, 2.45) is 0 Å². The van der Waals surface area contributed by atoms with E-state index < -0.39 is 18.0 Å². The topological polar surface area (TPSA) is 131 Å². The molecule has 2 aliphatic rings. The first-order valence-corrected chi connectivity index (χ1v) is 11.8. The second-order valence-corrected chi connectivity index (χ2v) is 9.22. The molecule has 3 aromatic rings. The van der Waals surface area contributed by atoms with Gasteiger partial charge in [0, 0.05) is 43.2 Å². The number of fused-ring (bicyclic) bond motifs is 2. The SMILES string of the molecule is Cc1cc(CC(NC(=O)N2CCC(N3Cc4ccccc4NC3=O)CC2)C(=O)O)cc2cn[nH]c12. The first-order chi connectivity index (χ1) is 16.9. The number of carbonyl (C=O) groups excluding carboxylic acids is 2. The standard InChI is InChI=1S/C25H28N6O4/c1-15-10-16(11-18-13-26-29-22(15)18)12-21(23(32)33)28-24(34)30-8-6-19(7-9-30)31-14-17-4-2-3-5-20(17)27-25(31)35/h2-5,10-11,13,19,21H,6-9,12,14H2,1H3,(H,26,29)(H,27,35)(H,28,34)(H,32,33). The molecular formula is C25H28N6O4. The van der Waals surface area contributed by atoms with Gasteiger partial charge in [0.1, 0.15) is 6.04 Å². The minimum atomic E-state index is -1.08. The summed E-state index contributed by atoms with van der Waals surface area (Å²) in [5.41, 5.74) is 4.61. The summed E-state index contributed by atoms with van der Waals surface area (Å²) in [7, 11) is 0. The fourth-order valence-corrected chi connectivity index (χ4v) is 5.00. The van der Waals surface area contributed by atoms with Crippen molar-refractivity contribution in [2.75, 3.05) is 18.4 Å². The third-order valence-electron chi connectivity index (χ3n) is 6.89. The smallest absolute Gasteiger partial charge is 0.326 e. The highest BCUT2D eigenvalue weighted by Crippen LogP contribution is 2.27. The molecule has 1 atom stereocenters. The van der Waals surface area contributed by atoms with Crippen molar-refractivity contribution in [3.05, 3.63) is 59.3 Å². The number of aromatic nitrogens is 2. The molecule has 0 aliphatic carbocycles. The maximum absolute atomic E-state index is 12.9. The fraction of sp³-hybridized carbons (Fsp3) is 0.360. The molecule has 3 heterocycles. The number of aryl methyl sites for hydroxylation is 1. The van der Waals surface area contributed by atoms with E-state index in [2.05, 4.69) is 20.8 Å². The molecule has 5 rings (SSSR count). The minimum Gasteiger partial charge on any atom is -0.480 e. The molecule has 4 N–H and O–H groups in total. The molecule has 1 unspecified atom stereocenters. The Kier molecular flexibility index (Phi) is 6.02. The first-order valence-electron chi connectivity index (χ1n) is 11.8. The van der Waals surface area contributed by atoms with Crippen LogP contribution in [0.5, 0.6) is 0 Å². The number of para-hydroxylation sites is 1. The van der Waals surface area contributed by atoms with Gasteiger partial charge >= 0.3 is 18.0 Å². The summed E-state index contributed by atoms with van der Waals surface area (Å²) < 4.78 is 0. The maximum Gasteiger partial charge on any atom is 0.326 e. The van der Waals surface area contributed by atoms with Gasteiger partial charge in [0.2, 0.25) is 0 Å². The van der Waals surface area contributed by atoms with Crippen LogP contribution in [0.2, 0.25) is 0 Å². The number of likely N-dealkylation sites (tertiary alicyclic amines) is 1. The molecule has 4 amide bonds. The molecule has 35 heavy (non-hydrogen) atoms. The number of nitrogens with zero attached hydrogens (tertiary/aromatic N) is 3. The Morgan fingerprint density at radius 2 is 2.00 bits per heavy atom. The van der Waals surface area contributed by atoms with Crippen molar-refractivity contribution in [3.8, 4) is 0 Å². The molecule has 1 saturated heterocycles. The molecular weight excluding hydrogens is 448 g/mol. The predicted molar refractivity (Wildman–Crippen MR) is 130 cm³/mol. The minimum absolute atomic E-state index is 0.0207. The van der Waals surface area contributed by atoms with E-state index in [4.69, 9.17) is 0 Å². The van der Waals surface area contributed by atoms with Gasteiger partial charge in [-0.25, -0.2) is 14.4 Å². The van der Waals surface area contributed by atoms with Crippen LogP contribution in [-0.2, 0) is 17.8 Å². The van der Waals surface area contributed by atoms with Gasteiger partial charge in [-0.05, 0) is 48.6 Å². The van der Waals surface area contributed by atoms with Crippen molar-refractivity contribution in [1.29, 1.82) is 0 Å². The van der Waals surface area contributed by atoms with Crippen LogP contribution in [0.15, 0.2) is 42.6 Å². The lowest BCUT2D eigenvalue weighted by atomic mass is 10.0. The molecule has 1 fully saturated rings. The van der Waals surface area contributed by atoms with Gasteiger partial charge in [-0.15, -0.1) is 0 Å². The third-order valence-corrected chi connectivity index (χ3v) is 6.89. The maximum atomic E-state index is 12.9. The van der Waals surface area contributed by atoms with Crippen LogP contribution in [-0.4, -0.2) is 68.3 Å². The highest BCUT2D eigenvalue weighted by molar-refractivity contribution is 5.92. The molecule has 0 bridgehead atoms. The van der Waals surface area contributed by atoms with Gasteiger partial charge in [0.05, 0.1) is 11.7 Å². The van der Waals surface area contributed by atoms with Gasteiger partial charge in [0.15, 0.2) is 0 Å². The number of aliphatic carboxylic acids is 1. The first kappa shape index (κ1) is 22.7. The van der Waals surface area contributed by atoms with Crippen LogP contribution in [0.3, 0.4) is 0 Å². The van der Waals surface area contributed by atoms with Crippen LogP contribution in [0.4, 0.5) is 15.3 Å². The predicted octanol–water partition coefficient (Wildman–Crippen LogP) is 3.09. The number of aromatic amines is 1. The summed E-state index contributed by atoms with van der Waals surface area (Å²) in [4.78, 5) is 40.9. The molecule has 0 spiro atoms. The number of nitrogens with one attached hydrogen (secondary N) is 3. The number of hydrogen-bond donors (Lipinski definition) is 4. The zero-order valence-corrected chi connectivity index (χ0v) is 19.5. The summed E-state index contributed by atoms with van der Waals surface area (Å²) in [6.45, 7) is 3.38. The molecule has 10 heteroatoms. The summed E-state index contributed by atoms with van der Waals surface area (Å²) >= 11 is 0. The van der Waals surface area contributed by atoms with Crippen LogP contribution in [0, 0.1) is 6.92 Å². The molecule has 0 radical (unpaired) electrons. The molecule has 1 aromatic heterocycles. The fourth-order valence-electron chi connectivity index (χ4n) is 5.00. The Balaban J connectivity index is 1.19. The number of piperidine rings is 1. The monoisotopic (exact) mass is 476 g/mol. The molecule has 2 aliphatic heterocycles. The second-order valence-electron chi connectivity index (χ2n) is 9.22. The molecule has 0 saturated carbocycles. The largest absolute Gasteiger partial charge is 0.480 e. The highest BCUT2D eigenvalue weighted by atomic mass is 16.4. The summed E-state index contributed by atoms with van der Waals surface area (Å²) in [5, 5.41) is 23.2. The van der Waals surface area contributed by atoms with Crippen molar-refractivity contribution in [1.82, 2.24) is 25.3 Å². The number of carboxylic acids is 1. The van der Waals surface area contributed by atoms with Crippen LogP contribution in [0.25, 0.3) is 10.9 Å². The summed E-state index contributed by atoms with van der Waals surface area (Å²) in [6.07, 6.45) is 3.15. The quantitative estimate of drug-likeness (QED) is 0.450. The molecule has 2 aromatic carbocycles. The lowest BCUT2D eigenvalue weighted by Crippen LogP contribution is -2.54. The number of amides is 4. The van der Waals surface area contributed by atoms with Crippen LogP contribution in [0.1, 0.15) is 29.5 Å². The number of anilines is 1. The van der Waals surface area contributed by atoms with Gasteiger partial charge in [-0.1, -0.05) is 24.3 Å². The summed E-state index contributed by atoms with van der Waals surface area (Å²) in [6, 6.07) is 10.0. The number of rotatable bonds is 5. The van der Waals surface area contributed by atoms with Crippen molar-refractivity contribution >= 4 is 34.6 Å². The average molecular weight is 477 g/mol. The lowest BCUT2D eigenvalue weighted by Gasteiger charge is -2.40. The number of carbonyl (C=O) groups is 3. The Morgan fingerprint density at radius 3 is 2.77 bits per heavy atom. The van der Waals surface area contributed by atoms with Crippen LogP contribution >= 0.6 is 0 Å². The van der Waals surface area contributed by atoms with Gasteiger partial charge in [-0.2, -0.15) is 5.10 Å². The average Bonchev–Trinajstić information content (AvgIpc) is 3.32. The number of H-pyrrole nitrogens is 1. The van der Waals surface area contributed by atoms with E-state index in [0.717, 1.165) is 33.3 Å². The number of hydrogen-bond acceptors (Lipinski definition) is 4. The second kappa shape index (κ2) is 9.28. The van der Waals surface area contributed by atoms with Crippen molar-refractivity contribution in [3.63, 3.8) is 0 Å². The van der Waals surface area contributed by atoms with E-state index in [1.54, 1.807) is 11.1 Å². The zero-order chi connectivity index (χ0) is 24.5. The van der Waals surface area contributed by atoms with Gasteiger partial charge < -0.3 is 25.5 Å². The van der Waals surface area contributed by atoms with Crippen LogP contribution < -0.4 is 10.6 Å². The van der Waals surface area contributed by atoms with E-state index in [9.17, 15) is 19.5 Å². The van der Waals surface area contributed by atoms with Gasteiger partial charge in [0.25, 0.3) is 0 Å². The zero-order valence-electron chi connectivity index (χ0n) is 19.5. The number of urea groups is 2. The third kappa shape index (κ3) is 4.64. The van der Waals surface area contributed by atoms with Gasteiger partial charge in [-0.3, -0.25) is 5.10 Å². The Bertz CT molecular complexity index is 1280. The molecule has 10 nitrogen and oxygen atoms in total. The van der Waals surface area contributed by atoms with Crippen molar-refractivity contribution in [2.45, 2.75) is 44.8 Å². The van der Waals surface area contributed by atoms with E-state index in [1.807, 2.05) is 48.2 Å². The van der Waals surface area contributed by atoms with E-state index in [1.165, 1.54) is 0 Å². The molecule has 182 valence electrons. The summed E-state index contributed by atoms with van der Waals surface area (Å²) in [5.74, 6) is -1.08. The van der Waals surface area contributed by atoms with Crippen molar-refractivity contribution < 1.29 is 19.5 Å². The lowest BCUT2D eigenvalue weighted by molar-refractivity contribution is -0.139. The number of carboxylic acid groups (broad SMARTS) is 1. The normalized spacial score (nSPS) is 17.1. The Hall–Kier alpha value is -4.08. The van der Waals surface area contributed by atoms with E-state index in [-0.39, 0.29) is 18.5 Å². The number of benzene rings is 2. The highest BCUT2D eigenvalue weighted by Gasteiger charge is 2.33. The van der Waals surface area contributed by atoms with E-state index >= 15 is 0 Å².